The lowest BCUT2D eigenvalue weighted by atomic mass is 10.2. The molecule has 116 valence electrons. The molecule has 2 atom stereocenters. The molecule has 1 heterocycles. The molecule has 5 nitrogen and oxygen atoms in total. The van der Waals surface area contributed by atoms with Gasteiger partial charge in [0, 0.05) is 0 Å². The fourth-order valence-electron chi connectivity index (χ4n) is 1.93. The maximum Gasteiger partial charge on any atom is 0.410 e. The highest BCUT2D eigenvalue weighted by Crippen LogP contribution is 2.26. The number of halogens is 3. The van der Waals surface area contributed by atoms with Gasteiger partial charge in [0.2, 0.25) is 3.79 Å². The lowest BCUT2D eigenvalue weighted by Crippen LogP contribution is -2.33. The Morgan fingerprint density at radius 3 is 2.57 bits per heavy atom. The van der Waals surface area contributed by atoms with E-state index in [0.29, 0.717) is 5.75 Å². The molecule has 8 heteroatoms. The molecule has 1 aromatic carbocycles. The van der Waals surface area contributed by atoms with E-state index >= 15 is 0 Å². The van der Waals surface area contributed by atoms with Crippen molar-refractivity contribution in [1.82, 2.24) is 4.90 Å². The average molecular weight is 355 g/mol. The maximum absolute atomic E-state index is 11.8. The summed E-state index contributed by atoms with van der Waals surface area (Å²) < 4.78 is 8.84. The minimum Gasteiger partial charge on any atom is -0.486 e. The van der Waals surface area contributed by atoms with Crippen LogP contribution < -0.4 is 4.74 Å². The van der Waals surface area contributed by atoms with Crippen molar-refractivity contribution >= 4 is 40.9 Å². The van der Waals surface area contributed by atoms with Crippen molar-refractivity contribution in [2.75, 3.05) is 19.7 Å². The molecule has 0 saturated carbocycles. The van der Waals surface area contributed by atoms with E-state index in [4.69, 9.17) is 44.3 Å². The van der Waals surface area contributed by atoms with Gasteiger partial charge in [-0.2, -0.15) is 0 Å². The zero-order valence-corrected chi connectivity index (χ0v) is 13.2. The molecular weight excluding hydrogens is 341 g/mol. The smallest absolute Gasteiger partial charge is 0.410 e. The van der Waals surface area contributed by atoms with Crippen LogP contribution in [0.3, 0.4) is 0 Å². The van der Waals surface area contributed by atoms with Gasteiger partial charge in [0.15, 0.2) is 0 Å². The summed E-state index contributed by atoms with van der Waals surface area (Å²) in [7, 11) is 0. The summed E-state index contributed by atoms with van der Waals surface area (Å²) in [6.45, 7) is -0.0434. The molecule has 1 saturated heterocycles. The number of aliphatic hydroxyl groups excluding tert-OH is 1. The van der Waals surface area contributed by atoms with E-state index in [2.05, 4.69) is 0 Å². The molecule has 0 spiro atoms. The number of β-amino-alcohol motifs (C(OH)–C–C–N with tert-alkyl or cyclic N) is 1. The minimum absolute atomic E-state index is 0.107. The van der Waals surface area contributed by atoms with Crippen molar-refractivity contribution in [1.29, 1.82) is 0 Å². The van der Waals surface area contributed by atoms with Gasteiger partial charge in [0.25, 0.3) is 0 Å². The van der Waals surface area contributed by atoms with Crippen LogP contribution in [0.2, 0.25) is 0 Å². The van der Waals surface area contributed by atoms with E-state index < -0.39 is 22.1 Å². The second kappa shape index (κ2) is 6.92. The fraction of sp³-hybridized carbons (Fsp3) is 0.462. The molecule has 2 rings (SSSR count). The zero-order chi connectivity index (χ0) is 15.5. The molecule has 21 heavy (non-hydrogen) atoms. The van der Waals surface area contributed by atoms with Crippen LogP contribution in [0.5, 0.6) is 5.75 Å². The van der Waals surface area contributed by atoms with Gasteiger partial charge >= 0.3 is 6.09 Å². The quantitative estimate of drug-likeness (QED) is 0.848. The fourth-order valence-corrected chi connectivity index (χ4v) is 2.09. The van der Waals surface area contributed by atoms with Crippen LogP contribution in [0.15, 0.2) is 30.3 Å². The molecular formula is C13H14Cl3NO4. The van der Waals surface area contributed by atoms with Gasteiger partial charge in [-0.1, -0.05) is 53.0 Å². The number of hydrogen-bond donors (Lipinski definition) is 1. The van der Waals surface area contributed by atoms with Gasteiger partial charge in [0.05, 0.1) is 13.1 Å². The highest BCUT2D eigenvalue weighted by molar-refractivity contribution is 6.67. The number of alkyl halides is 3. The van der Waals surface area contributed by atoms with Gasteiger partial charge in [-0.15, -0.1) is 0 Å². The van der Waals surface area contributed by atoms with E-state index in [1.54, 1.807) is 12.1 Å². The van der Waals surface area contributed by atoms with Gasteiger partial charge in [-0.25, -0.2) is 4.79 Å². The summed E-state index contributed by atoms with van der Waals surface area (Å²) in [4.78, 5) is 13.1. The highest BCUT2D eigenvalue weighted by atomic mass is 35.6. The van der Waals surface area contributed by atoms with Crippen molar-refractivity contribution in [2.45, 2.75) is 16.0 Å². The van der Waals surface area contributed by atoms with E-state index in [9.17, 15) is 9.90 Å². The first-order valence-electron chi connectivity index (χ1n) is 6.23. The summed E-state index contributed by atoms with van der Waals surface area (Å²) in [5, 5.41) is 9.95. The van der Waals surface area contributed by atoms with Crippen LogP contribution in [0.25, 0.3) is 0 Å². The third-order valence-electron chi connectivity index (χ3n) is 2.89. The first-order valence-corrected chi connectivity index (χ1v) is 7.37. The van der Waals surface area contributed by atoms with Crippen LogP contribution in [0.1, 0.15) is 0 Å². The summed E-state index contributed by atoms with van der Waals surface area (Å²) >= 11 is 16.5. The Morgan fingerprint density at radius 1 is 1.29 bits per heavy atom. The standard InChI is InChI=1S/C13H14Cl3NO4/c14-13(15,16)8-20-12(19)17-6-10(18)11(7-17)21-9-4-2-1-3-5-9/h1-5,10-11,18H,6-8H2/t10-,11-/m0/s1. The molecule has 0 aliphatic carbocycles. The molecule has 1 aliphatic rings. The number of para-hydroxylation sites is 1. The second-order valence-corrected chi connectivity index (χ2v) is 7.13. The first kappa shape index (κ1) is 16.5. The Hall–Kier alpha value is -0.880. The molecule has 0 bridgehead atoms. The Balaban J connectivity index is 1.87. The van der Waals surface area contributed by atoms with Gasteiger partial charge < -0.3 is 19.5 Å². The monoisotopic (exact) mass is 353 g/mol. The van der Waals surface area contributed by atoms with Crippen LogP contribution in [0.4, 0.5) is 4.79 Å². The van der Waals surface area contributed by atoms with Crippen LogP contribution in [0, 0.1) is 0 Å². The number of benzene rings is 1. The van der Waals surface area contributed by atoms with Crippen molar-refractivity contribution in [3.8, 4) is 5.75 Å². The molecule has 1 fully saturated rings. The van der Waals surface area contributed by atoms with Crippen molar-refractivity contribution in [3.63, 3.8) is 0 Å². The van der Waals surface area contributed by atoms with Crippen LogP contribution >= 0.6 is 34.8 Å². The molecule has 1 aromatic rings. The molecule has 1 amide bonds. The van der Waals surface area contributed by atoms with Gasteiger partial charge in [-0.05, 0) is 12.1 Å². The summed E-state index contributed by atoms with van der Waals surface area (Å²) in [5.41, 5.74) is 0. The van der Waals surface area contributed by atoms with E-state index in [1.807, 2.05) is 18.2 Å². The van der Waals surface area contributed by atoms with E-state index in [-0.39, 0.29) is 19.7 Å². The Bertz CT molecular complexity index is 480. The van der Waals surface area contributed by atoms with Crippen molar-refractivity contribution < 1.29 is 19.4 Å². The maximum atomic E-state index is 11.8. The number of ether oxygens (including phenoxy) is 2. The second-order valence-electron chi connectivity index (χ2n) is 4.61. The van der Waals surface area contributed by atoms with Gasteiger partial charge in [0.1, 0.15) is 24.6 Å². The first-order chi connectivity index (χ1) is 9.85. The number of rotatable bonds is 3. The Kier molecular flexibility index (Phi) is 5.43. The molecule has 1 aliphatic heterocycles. The number of hydrogen-bond acceptors (Lipinski definition) is 4. The number of amides is 1. The highest BCUT2D eigenvalue weighted by Gasteiger charge is 2.37. The third-order valence-corrected chi connectivity index (χ3v) is 3.21. The van der Waals surface area contributed by atoms with E-state index in [0.717, 1.165) is 0 Å². The van der Waals surface area contributed by atoms with Crippen LogP contribution in [-0.4, -0.2) is 51.8 Å². The number of likely N-dealkylation sites (tertiary alicyclic amines) is 1. The van der Waals surface area contributed by atoms with Crippen molar-refractivity contribution in [3.05, 3.63) is 30.3 Å². The summed E-state index contributed by atoms with van der Waals surface area (Å²) in [6, 6.07) is 9.05. The van der Waals surface area contributed by atoms with Crippen LogP contribution in [-0.2, 0) is 4.74 Å². The molecule has 1 N–H and O–H groups in total. The number of aliphatic hydroxyl groups is 1. The average Bonchev–Trinajstić information content (AvgIpc) is 2.78. The number of nitrogens with zero attached hydrogens (tertiary/aromatic N) is 1. The largest absolute Gasteiger partial charge is 0.486 e. The molecule has 0 aromatic heterocycles. The number of carbonyl (C=O) groups is 1. The lowest BCUT2D eigenvalue weighted by molar-refractivity contribution is 0.0735. The zero-order valence-electron chi connectivity index (χ0n) is 10.9. The topological polar surface area (TPSA) is 59.0 Å². The Labute approximate surface area is 137 Å². The summed E-state index contributed by atoms with van der Waals surface area (Å²) in [6.07, 6.45) is -1.97. The molecule has 0 radical (unpaired) electrons. The molecule has 0 unspecified atom stereocenters. The normalized spacial score (nSPS) is 22.2. The van der Waals surface area contributed by atoms with Gasteiger partial charge in [-0.3, -0.25) is 0 Å². The SMILES string of the molecule is O=C(OCC(Cl)(Cl)Cl)N1C[C@H](Oc2ccccc2)[C@@H](O)C1. The Morgan fingerprint density at radius 2 is 1.95 bits per heavy atom. The lowest BCUT2D eigenvalue weighted by Gasteiger charge is -2.18. The third kappa shape index (κ3) is 5.11. The summed E-state index contributed by atoms with van der Waals surface area (Å²) in [5.74, 6) is 0.623. The predicted octanol–water partition coefficient (Wildman–Crippen LogP) is 2.62. The van der Waals surface area contributed by atoms with Crippen molar-refractivity contribution in [2.24, 2.45) is 0 Å². The minimum atomic E-state index is -1.66. The number of carbonyl (C=O) groups excluding carboxylic acids is 1. The predicted molar refractivity (Wildman–Crippen MR) is 80.1 cm³/mol. The van der Waals surface area contributed by atoms with E-state index in [1.165, 1.54) is 4.90 Å².